The molecule has 6 nitrogen and oxygen atoms in total. The standard InChI is InChI=1S/C22H23ClN4O2S/c1-3-16-4-6-17(7-5-16)20(29)14-30-22-26-25-21(12-13-24-15(2)28)27(22)19-10-8-18(23)9-11-19/h4-11H,3,12-14H2,1-2H3,(H,24,28). The van der Waals surface area contributed by atoms with Crippen LogP contribution in [0.15, 0.2) is 53.7 Å². The number of Topliss-reactive ketones (excluding diaryl/α,β-unsaturated/α-hetero) is 1. The van der Waals surface area contributed by atoms with Gasteiger partial charge in [-0.05, 0) is 36.2 Å². The molecule has 0 bridgehead atoms. The van der Waals surface area contributed by atoms with Crippen LogP contribution in [0.25, 0.3) is 5.69 Å². The molecule has 0 spiro atoms. The summed E-state index contributed by atoms with van der Waals surface area (Å²) < 4.78 is 1.90. The number of thioether (sulfide) groups is 1. The van der Waals surface area contributed by atoms with Gasteiger partial charge in [-0.3, -0.25) is 14.2 Å². The molecule has 3 aromatic rings. The lowest BCUT2D eigenvalue weighted by atomic mass is 10.1. The molecule has 1 heterocycles. The van der Waals surface area contributed by atoms with Gasteiger partial charge < -0.3 is 5.32 Å². The molecular weight excluding hydrogens is 420 g/mol. The molecular formula is C22H23ClN4O2S. The van der Waals surface area contributed by atoms with Crippen molar-refractivity contribution in [2.75, 3.05) is 12.3 Å². The van der Waals surface area contributed by atoms with Crippen LogP contribution in [0.1, 0.15) is 35.6 Å². The van der Waals surface area contributed by atoms with E-state index in [1.165, 1.54) is 24.2 Å². The van der Waals surface area contributed by atoms with Crippen molar-refractivity contribution in [3.05, 3.63) is 70.5 Å². The molecule has 2 aromatic carbocycles. The molecule has 0 atom stereocenters. The minimum Gasteiger partial charge on any atom is -0.356 e. The first-order chi connectivity index (χ1) is 14.5. The predicted octanol–water partition coefficient (Wildman–Crippen LogP) is 4.14. The maximum Gasteiger partial charge on any atom is 0.216 e. The van der Waals surface area contributed by atoms with E-state index in [1.807, 2.05) is 41.0 Å². The molecule has 0 radical (unpaired) electrons. The number of rotatable bonds is 9. The van der Waals surface area contributed by atoms with Gasteiger partial charge in [-0.15, -0.1) is 10.2 Å². The van der Waals surface area contributed by atoms with Gasteiger partial charge in [-0.2, -0.15) is 0 Å². The summed E-state index contributed by atoms with van der Waals surface area (Å²) in [5.74, 6) is 0.895. The van der Waals surface area contributed by atoms with E-state index >= 15 is 0 Å². The minimum atomic E-state index is -0.0955. The number of hydrogen-bond acceptors (Lipinski definition) is 5. The fourth-order valence-corrected chi connectivity index (χ4v) is 3.89. The fourth-order valence-electron chi connectivity index (χ4n) is 2.90. The highest BCUT2D eigenvalue weighted by molar-refractivity contribution is 7.99. The van der Waals surface area contributed by atoms with E-state index in [-0.39, 0.29) is 17.4 Å². The molecule has 30 heavy (non-hydrogen) atoms. The predicted molar refractivity (Wildman–Crippen MR) is 120 cm³/mol. The molecule has 0 aliphatic heterocycles. The lowest BCUT2D eigenvalue weighted by Gasteiger charge is -2.10. The Morgan fingerprint density at radius 3 is 2.40 bits per heavy atom. The highest BCUT2D eigenvalue weighted by Gasteiger charge is 2.16. The molecule has 1 aromatic heterocycles. The molecule has 1 N–H and O–H groups in total. The van der Waals surface area contributed by atoms with Crippen LogP contribution in [0.4, 0.5) is 0 Å². The van der Waals surface area contributed by atoms with Crippen molar-refractivity contribution < 1.29 is 9.59 Å². The Bertz CT molecular complexity index is 1020. The molecule has 0 saturated heterocycles. The monoisotopic (exact) mass is 442 g/mol. The number of benzene rings is 2. The molecule has 3 rings (SSSR count). The summed E-state index contributed by atoms with van der Waals surface area (Å²) in [6, 6.07) is 15.0. The maximum absolute atomic E-state index is 12.6. The van der Waals surface area contributed by atoms with E-state index < -0.39 is 0 Å². The lowest BCUT2D eigenvalue weighted by Crippen LogP contribution is -2.23. The van der Waals surface area contributed by atoms with Gasteiger partial charge in [-0.25, -0.2) is 0 Å². The summed E-state index contributed by atoms with van der Waals surface area (Å²) in [4.78, 5) is 23.8. The largest absolute Gasteiger partial charge is 0.356 e. The van der Waals surface area contributed by atoms with Crippen LogP contribution < -0.4 is 5.32 Å². The Hall–Kier alpha value is -2.64. The van der Waals surface area contributed by atoms with Crippen LogP contribution in [-0.4, -0.2) is 38.8 Å². The van der Waals surface area contributed by atoms with Crippen LogP contribution in [0, 0.1) is 0 Å². The van der Waals surface area contributed by atoms with Crippen LogP contribution in [0.5, 0.6) is 0 Å². The summed E-state index contributed by atoms with van der Waals surface area (Å²) in [5.41, 5.74) is 2.73. The summed E-state index contributed by atoms with van der Waals surface area (Å²) in [6.07, 6.45) is 1.46. The molecule has 0 fully saturated rings. The van der Waals surface area contributed by atoms with Gasteiger partial charge in [0.1, 0.15) is 5.82 Å². The molecule has 0 aliphatic carbocycles. The number of carbonyl (C=O) groups excluding carboxylic acids is 2. The molecule has 1 amide bonds. The van der Waals surface area contributed by atoms with Crippen molar-refractivity contribution >= 4 is 35.1 Å². The summed E-state index contributed by atoms with van der Waals surface area (Å²) in [6.45, 7) is 4.01. The van der Waals surface area contributed by atoms with E-state index in [9.17, 15) is 9.59 Å². The van der Waals surface area contributed by atoms with E-state index in [2.05, 4.69) is 22.4 Å². The molecule has 0 saturated carbocycles. The first-order valence-electron chi connectivity index (χ1n) is 9.67. The molecule has 0 aliphatic rings. The zero-order chi connectivity index (χ0) is 21.5. The van der Waals surface area contributed by atoms with Crippen molar-refractivity contribution in [2.45, 2.75) is 31.8 Å². The Morgan fingerprint density at radius 2 is 1.77 bits per heavy atom. The van der Waals surface area contributed by atoms with Crippen molar-refractivity contribution in [3.8, 4) is 5.69 Å². The number of aryl methyl sites for hydroxylation is 1. The average Bonchev–Trinajstić information content (AvgIpc) is 3.15. The zero-order valence-corrected chi connectivity index (χ0v) is 18.5. The number of aromatic nitrogens is 3. The molecule has 156 valence electrons. The maximum atomic E-state index is 12.6. The molecule has 8 heteroatoms. The third kappa shape index (κ3) is 5.70. The Labute approximate surface area is 185 Å². The van der Waals surface area contributed by atoms with E-state index in [0.717, 1.165) is 12.1 Å². The van der Waals surface area contributed by atoms with E-state index in [0.29, 0.717) is 34.5 Å². The third-order valence-corrected chi connectivity index (χ3v) is 5.71. The Kier molecular flexibility index (Phi) is 7.65. The molecule has 0 unspecified atom stereocenters. The Balaban J connectivity index is 1.78. The summed E-state index contributed by atoms with van der Waals surface area (Å²) >= 11 is 7.36. The van der Waals surface area contributed by atoms with Crippen molar-refractivity contribution in [1.82, 2.24) is 20.1 Å². The van der Waals surface area contributed by atoms with Crippen molar-refractivity contribution in [3.63, 3.8) is 0 Å². The third-order valence-electron chi connectivity index (χ3n) is 4.52. The number of carbonyl (C=O) groups is 2. The van der Waals surface area contributed by atoms with E-state index in [4.69, 9.17) is 11.6 Å². The van der Waals surface area contributed by atoms with Gasteiger partial charge >= 0.3 is 0 Å². The lowest BCUT2D eigenvalue weighted by molar-refractivity contribution is -0.118. The van der Waals surface area contributed by atoms with Gasteiger partial charge in [0.25, 0.3) is 0 Å². The van der Waals surface area contributed by atoms with Gasteiger partial charge in [0.05, 0.1) is 5.75 Å². The number of nitrogens with zero attached hydrogens (tertiary/aromatic N) is 3. The van der Waals surface area contributed by atoms with Crippen molar-refractivity contribution in [1.29, 1.82) is 0 Å². The second-order valence-electron chi connectivity index (χ2n) is 6.71. The zero-order valence-electron chi connectivity index (χ0n) is 16.9. The highest BCUT2D eigenvalue weighted by Crippen LogP contribution is 2.24. The van der Waals surface area contributed by atoms with Gasteiger partial charge in [0.15, 0.2) is 10.9 Å². The smallest absolute Gasteiger partial charge is 0.216 e. The van der Waals surface area contributed by atoms with Gasteiger partial charge in [-0.1, -0.05) is 54.6 Å². The average molecular weight is 443 g/mol. The Morgan fingerprint density at radius 1 is 1.07 bits per heavy atom. The number of amides is 1. The first kappa shape index (κ1) is 22.1. The summed E-state index contributed by atoms with van der Waals surface area (Å²) in [7, 11) is 0. The number of halogens is 1. The summed E-state index contributed by atoms with van der Waals surface area (Å²) in [5, 5.41) is 12.6. The number of hydrogen-bond donors (Lipinski definition) is 1. The number of nitrogens with one attached hydrogen (secondary N) is 1. The topological polar surface area (TPSA) is 76.9 Å². The van der Waals surface area contributed by atoms with Crippen LogP contribution in [0.3, 0.4) is 0 Å². The minimum absolute atomic E-state index is 0.0353. The van der Waals surface area contributed by atoms with Gasteiger partial charge in [0, 0.05) is 36.2 Å². The van der Waals surface area contributed by atoms with Crippen LogP contribution in [0.2, 0.25) is 5.02 Å². The van der Waals surface area contributed by atoms with Gasteiger partial charge in [0.2, 0.25) is 5.91 Å². The van der Waals surface area contributed by atoms with Crippen molar-refractivity contribution in [2.24, 2.45) is 0 Å². The van der Waals surface area contributed by atoms with Crippen LogP contribution in [-0.2, 0) is 17.6 Å². The SMILES string of the molecule is CCc1ccc(C(=O)CSc2nnc(CCNC(C)=O)n2-c2ccc(Cl)cc2)cc1. The van der Waals surface area contributed by atoms with Crippen LogP contribution >= 0.6 is 23.4 Å². The fraction of sp³-hybridized carbons (Fsp3) is 0.273. The number of ketones is 1. The first-order valence-corrected chi connectivity index (χ1v) is 11.0. The quantitative estimate of drug-likeness (QED) is 0.398. The second kappa shape index (κ2) is 10.4. The van der Waals surface area contributed by atoms with E-state index in [1.54, 1.807) is 12.1 Å². The normalized spacial score (nSPS) is 10.8. The second-order valence-corrected chi connectivity index (χ2v) is 8.08. The highest BCUT2D eigenvalue weighted by atomic mass is 35.5.